The van der Waals surface area contributed by atoms with Gasteiger partial charge in [-0.1, -0.05) is 60.7 Å². The summed E-state index contributed by atoms with van der Waals surface area (Å²) in [5.41, 5.74) is 13.4. The van der Waals surface area contributed by atoms with Gasteiger partial charge in [-0.15, -0.1) is 0 Å². The van der Waals surface area contributed by atoms with Crippen molar-refractivity contribution in [2.75, 3.05) is 0 Å². The molecule has 1 aliphatic carbocycles. The molecule has 3 N–H and O–H groups in total. The highest BCUT2D eigenvalue weighted by Crippen LogP contribution is 2.40. The summed E-state index contributed by atoms with van der Waals surface area (Å²) < 4.78 is 2.10. The molecule has 2 aromatic heterocycles. The highest BCUT2D eigenvalue weighted by molar-refractivity contribution is 5.82. The van der Waals surface area contributed by atoms with Crippen LogP contribution in [-0.2, 0) is 16.8 Å². The van der Waals surface area contributed by atoms with Crippen LogP contribution in [0.25, 0.3) is 28.2 Å². The summed E-state index contributed by atoms with van der Waals surface area (Å²) in [6.07, 6.45) is 8.63. The maximum Gasteiger partial charge on any atom is 0.327 e. The molecule has 4 aromatic rings. The number of nitrogens with two attached hydrogens (primary N) is 1. The smallest absolute Gasteiger partial charge is 0.327 e. The fourth-order valence-electron chi connectivity index (χ4n) is 4.39. The molecule has 1 aliphatic rings. The van der Waals surface area contributed by atoms with E-state index in [0.29, 0.717) is 6.42 Å². The monoisotopic (exact) mass is 423 g/mol. The van der Waals surface area contributed by atoms with Crippen LogP contribution in [0.1, 0.15) is 30.4 Å². The van der Waals surface area contributed by atoms with Gasteiger partial charge in [-0.05, 0) is 48.9 Å². The SMILES string of the molecule is NC1(c2ccc(-c3nc4cc(C/C=C/C(=O)O)ccn4c3-c3ccccc3)cc2)CCC1. The van der Waals surface area contributed by atoms with Crippen LogP contribution in [0.2, 0.25) is 0 Å². The number of nitrogens with zero attached hydrogens (tertiary/aromatic N) is 2. The number of carboxylic acid groups (broad SMARTS) is 1. The van der Waals surface area contributed by atoms with Crippen LogP contribution in [0.4, 0.5) is 0 Å². The van der Waals surface area contributed by atoms with Gasteiger partial charge in [0.05, 0.1) is 11.4 Å². The lowest BCUT2D eigenvalue weighted by Gasteiger charge is -2.38. The maximum absolute atomic E-state index is 10.8. The van der Waals surface area contributed by atoms with Crippen molar-refractivity contribution in [1.82, 2.24) is 9.38 Å². The highest BCUT2D eigenvalue weighted by Gasteiger charge is 2.34. The normalized spacial score (nSPS) is 15.2. The predicted molar refractivity (Wildman–Crippen MR) is 126 cm³/mol. The summed E-state index contributed by atoms with van der Waals surface area (Å²) in [6, 6.07) is 22.8. The number of aromatic nitrogens is 2. The van der Waals surface area contributed by atoms with Crippen LogP contribution in [0.3, 0.4) is 0 Å². The number of imidazole rings is 1. The van der Waals surface area contributed by atoms with E-state index in [2.05, 4.69) is 40.8 Å². The molecular weight excluding hydrogens is 398 g/mol. The van der Waals surface area contributed by atoms with Crippen LogP contribution in [-0.4, -0.2) is 20.5 Å². The van der Waals surface area contributed by atoms with E-state index in [4.69, 9.17) is 15.8 Å². The maximum atomic E-state index is 10.8. The Kier molecular flexibility index (Phi) is 5.11. The molecule has 0 spiro atoms. The Hall–Kier alpha value is -3.70. The fraction of sp³-hybridized carbons (Fsp3) is 0.185. The van der Waals surface area contributed by atoms with Crippen LogP contribution in [0, 0.1) is 0 Å². The molecule has 2 heterocycles. The molecule has 5 nitrogen and oxygen atoms in total. The van der Waals surface area contributed by atoms with E-state index in [9.17, 15) is 4.79 Å². The second-order valence-corrected chi connectivity index (χ2v) is 8.47. The van der Waals surface area contributed by atoms with Crippen molar-refractivity contribution >= 4 is 11.6 Å². The summed E-state index contributed by atoms with van der Waals surface area (Å²) in [6.45, 7) is 0. The largest absolute Gasteiger partial charge is 0.478 e. The number of rotatable bonds is 6. The third kappa shape index (κ3) is 3.72. The zero-order valence-electron chi connectivity index (χ0n) is 17.7. The van der Waals surface area contributed by atoms with Gasteiger partial charge in [-0.25, -0.2) is 9.78 Å². The highest BCUT2D eigenvalue weighted by atomic mass is 16.4. The number of hydrogen-bond acceptors (Lipinski definition) is 3. The molecule has 1 fully saturated rings. The number of carbonyl (C=O) groups is 1. The van der Waals surface area contributed by atoms with Gasteiger partial charge < -0.3 is 10.8 Å². The minimum atomic E-state index is -0.940. The van der Waals surface area contributed by atoms with Gasteiger partial charge in [-0.2, -0.15) is 0 Å². The molecular formula is C27H25N3O2. The molecule has 5 rings (SSSR count). The Morgan fingerprint density at radius 3 is 2.47 bits per heavy atom. The Bertz CT molecular complexity index is 1300. The minimum absolute atomic E-state index is 0.182. The van der Waals surface area contributed by atoms with Gasteiger partial charge in [-0.3, -0.25) is 4.40 Å². The summed E-state index contributed by atoms with van der Waals surface area (Å²) in [5, 5.41) is 8.83. The van der Waals surface area contributed by atoms with E-state index < -0.39 is 5.97 Å². The van der Waals surface area contributed by atoms with Crippen molar-refractivity contribution in [1.29, 1.82) is 0 Å². The third-order valence-corrected chi connectivity index (χ3v) is 6.33. The van der Waals surface area contributed by atoms with Gasteiger partial charge in [0.1, 0.15) is 5.65 Å². The second-order valence-electron chi connectivity index (χ2n) is 8.47. The lowest BCUT2D eigenvalue weighted by atomic mass is 9.72. The molecule has 0 saturated heterocycles. The van der Waals surface area contributed by atoms with E-state index in [1.54, 1.807) is 6.08 Å². The summed E-state index contributed by atoms with van der Waals surface area (Å²) >= 11 is 0. The van der Waals surface area contributed by atoms with E-state index in [-0.39, 0.29) is 5.54 Å². The van der Waals surface area contributed by atoms with Crippen molar-refractivity contribution in [2.45, 2.75) is 31.2 Å². The number of pyridine rings is 1. The summed E-state index contributed by atoms with van der Waals surface area (Å²) in [5.74, 6) is -0.940. The lowest BCUT2D eigenvalue weighted by molar-refractivity contribution is -0.131. The molecule has 2 aromatic carbocycles. The number of benzene rings is 2. The molecule has 0 atom stereocenters. The average Bonchev–Trinajstić information content (AvgIpc) is 3.17. The molecule has 0 amide bonds. The number of carboxylic acids is 1. The summed E-state index contributed by atoms with van der Waals surface area (Å²) in [4.78, 5) is 15.7. The number of allylic oxidation sites excluding steroid dienone is 1. The van der Waals surface area contributed by atoms with Crippen LogP contribution in [0.15, 0.2) is 85.1 Å². The van der Waals surface area contributed by atoms with Gasteiger partial charge in [0.25, 0.3) is 0 Å². The Morgan fingerprint density at radius 2 is 1.81 bits per heavy atom. The molecule has 0 aliphatic heterocycles. The zero-order valence-corrected chi connectivity index (χ0v) is 17.7. The van der Waals surface area contributed by atoms with Gasteiger partial charge in [0.15, 0.2) is 0 Å². The number of fused-ring (bicyclic) bond motifs is 1. The standard InChI is InChI=1S/C27H25N3O2/c28-27(15-5-16-27)22-12-10-20(11-13-22)25-26(21-7-2-1-3-8-21)30-17-14-19(18-23(30)29-25)6-4-9-24(31)32/h1-4,7-14,17-18H,5-6,15-16,28H2,(H,31,32)/b9-4+. The first-order chi connectivity index (χ1) is 15.5. The van der Waals surface area contributed by atoms with E-state index in [0.717, 1.165) is 46.6 Å². The first kappa shape index (κ1) is 20.2. The molecule has 0 bridgehead atoms. The van der Waals surface area contributed by atoms with E-state index >= 15 is 0 Å². The van der Waals surface area contributed by atoms with E-state index in [1.165, 1.54) is 18.1 Å². The number of aliphatic carboxylic acids is 1. The van der Waals surface area contributed by atoms with Crippen molar-refractivity contribution in [3.8, 4) is 22.5 Å². The molecule has 0 radical (unpaired) electrons. The first-order valence-electron chi connectivity index (χ1n) is 10.9. The Morgan fingerprint density at radius 1 is 1.06 bits per heavy atom. The van der Waals surface area contributed by atoms with Crippen LogP contribution in [0.5, 0.6) is 0 Å². The van der Waals surface area contributed by atoms with Crippen molar-refractivity contribution < 1.29 is 9.90 Å². The molecule has 160 valence electrons. The van der Waals surface area contributed by atoms with Crippen molar-refractivity contribution in [3.63, 3.8) is 0 Å². The van der Waals surface area contributed by atoms with Crippen LogP contribution < -0.4 is 5.73 Å². The second kappa shape index (κ2) is 8.09. The van der Waals surface area contributed by atoms with Gasteiger partial charge in [0, 0.05) is 28.9 Å². The van der Waals surface area contributed by atoms with Gasteiger partial charge >= 0.3 is 5.97 Å². The van der Waals surface area contributed by atoms with Crippen LogP contribution >= 0.6 is 0 Å². The topological polar surface area (TPSA) is 80.6 Å². The third-order valence-electron chi connectivity index (χ3n) is 6.33. The minimum Gasteiger partial charge on any atom is -0.478 e. The number of hydrogen-bond donors (Lipinski definition) is 2. The molecule has 5 heteroatoms. The van der Waals surface area contributed by atoms with Crippen molar-refractivity contribution in [2.24, 2.45) is 5.73 Å². The molecule has 32 heavy (non-hydrogen) atoms. The average molecular weight is 424 g/mol. The summed E-state index contributed by atoms with van der Waals surface area (Å²) in [7, 11) is 0. The zero-order chi connectivity index (χ0) is 22.1. The lowest BCUT2D eigenvalue weighted by Crippen LogP contribution is -2.43. The predicted octanol–water partition coefficient (Wildman–Crippen LogP) is 5.19. The molecule has 0 unspecified atom stereocenters. The van der Waals surface area contributed by atoms with Gasteiger partial charge in [0.2, 0.25) is 0 Å². The Labute approximate surface area is 186 Å². The fourth-order valence-corrected chi connectivity index (χ4v) is 4.39. The van der Waals surface area contributed by atoms with Crippen molar-refractivity contribution in [3.05, 3.63) is 96.2 Å². The molecule has 1 saturated carbocycles. The first-order valence-corrected chi connectivity index (χ1v) is 10.9. The van der Waals surface area contributed by atoms with E-state index in [1.807, 2.05) is 36.5 Å². The Balaban J connectivity index is 1.59. The quantitative estimate of drug-likeness (QED) is 0.418.